The molecule has 0 atom stereocenters. The summed E-state index contributed by atoms with van der Waals surface area (Å²) in [5.41, 5.74) is 3.46. The zero-order valence-electron chi connectivity index (χ0n) is 12.4. The Kier molecular flexibility index (Phi) is 4.34. The molecule has 0 saturated carbocycles. The fraction of sp³-hybridized carbons (Fsp3) is 0.529. The van der Waals surface area contributed by atoms with Crippen LogP contribution in [0.5, 0.6) is 0 Å². The lowest BCUT2D eigenvalue weighted by molar-refractivity contribution is -0.131. The molecular formula is C17H22N2O2. The average Bonchev–Trinajstić information content (AvgIpc) is 3.00. The molecule has 1 aliphatic heterocycles. The van der Waals surface area contributed by atoms with E-state index in [1.165, 1.54) is 17.5 Å². The van der Waals surface area contributed by atoms with Crippen LogP contribution in [0, 0.1) is 0 Å². The summed E-state index contributed by atoms with van der Waals surface area (Å²) in [6, 6.07) is 6.02. The number of benzene rings is 1. The van der Waals surface area contributed by atoms with E-state index in [-0.39, 0.29) is 11.7 Å². The molecule has 0 radical (unpaired) electrons. The van der Waals surface area contributed by atoms with Crippen LogP contribution in [-0.4, -0.2) is 42.8 Å². The van der Waals surface area contributed by atoms with Crippen molar-refractivity contribution in [2.24, 2.45) is 0 Å². The van der Waals surface area contributed by atoms with Gasteiger partial charge in [-0.3, -0.25) is 9.59 Å². The highest BCUT2D eigenvalue weighted by Gasteiger charge is 2.18. The Balaban J connectivity index is 1.55. The van der Waals surface area contributed by atoms with Crippen molar-refractivity contribution >= 4 is 11.7 Å². The van der Waals surface area contributed by atoms with Crippen LogP contribution in [0.3, 0.4) is 0 Å². The van der Waals surface area contributed by atoms with Gasteiger partial charge in [0.15, 0.2) is 5.78 Å². The normalized spacial score (nSPS) is 17.6. The Morgan fingerprint density at radius 2 is 1.81 bits per heavy atom. The number of carbonyl (C=O) groups excluding carboxylic acids is 2. The van der Waals surface area contributed by atoms with E-state index in [0.29, 0.717) is 12.8 Å². The highest BCUT2D eigenvalue weighted by atomic mass is 16.2. The van der Waals surface area contributed by atoms with Gasteiger partial charge in [-0.25, -0.2) is 0 Å². The molecule has 1 aromatic rings. The van der Waals surface area contributed by atoms with Crippen molar-refractivity contribution in [3.63, 3.8) is 0 Å². The lowest BCUT2D eigenvalue weighted by Gasteiger charge is -2.27. The minimum Gasteiger partial charge on any atom is -0.340 e. The van der Waals surface area contributed by atoms with Crippen LogP contribution < -0.4 is 5.32 Å². The topological polar surface area (TPSA) is 49.4 Å². The van der Waals surface area contributed by atoms with Gasteiger partial charge >= 0.3 is 0 Å². The van der Waals surface area contributed by atoms with Crippen molar-refractivity contribution in [3.05, 3.63) is 34.9 Å². The highest BCUT2D eigenvalue weighted by molar-refractivity contribution is 5.98. The average molecular weight is 286 g/mol. The van der Waals surface area contributed by atoms with E-state index in [1.54, 1.807) is 0 Å². The molecule has 0 spiro atoms. The van der Waals surface area contributed by atoms with Crippen LogP contribution >= 0.6 is 0 Å². The molecule has 0 bridgehead atoms. The van der Waals surface area contributed by atoms with Gasteiger partial charge in [0, 0.05) is 44.6 Å². The maximum Gasteiger partial charge on any atom is 0.223 e. The quantitative estimate of drug-likeness (QED) is 0.855. The van der Waals surface area contributed by atoms with Gasteiger partial charge in [-0.15, -0.1) is 0 Å². The van der Waals surface area contributed by atoms with Crippen molar-refractivity contribution in [3.8, 4) is 0 Å². The number of ketones is 1. The van der Waals surface area contributed by atoms with Crippen LogP contribution in [-0.2, 0) is 17.6 Å². The molecule has 1 aromatic carbocycles. The number of piperazine rings is 1. The lowest BCUT2D eigenvalue weighted by Crippen LogP contribution is -2.46. The summed E-state index contributed by atoms with van der Waals surface area (Å²) in [5, 5.41) is 3.22. The fourth-order valence-electron chi connectivity index (χ4n) is 3.18. The number of nitrogens with one attached hydrogen (secondary N) is 1. The third kappa shape index (κ3) is 3.32. The zero-order valence-corrected chi connectivity index (χ0v) is 12.4. The molecule has 4 nitrogen and oxygen atoms in total. The first-order valence-electron chi connectivity index (χ1n) is 7.87. The first-order chi connectivity index (χ1) is 10.2. The van der Waals surface area contributed by atoms with E-state index in [0.717, 1.165) is 44.6 Å². The van der Waals surface area contributed by atoms with Gasteiger partial charge in [0.2, 0.25) is 5.91 Å². The smallest absolute Gasteiger partial charge is 0.223 e. The third-order valence-electron chi connectivity index (χ3n) is 4.46. The Labute approximate surface area is 125 Å². The van der Waals surface area contributed by atoms with Crippen LogP contribution in [0.2, 0.25) is 0 Å². The molecule has 4 heteroatoms. The van der Waals surface area contributed by atoms with Crippen LogP contribution in [0.4, 0.5) is 0 Å². The molecule has 1 aliphatic carbocycles. The predicted molar refractivity (Wildman–Crippen MR) is 81.5 cm³/mol. The largest absolute Gasteiger partial charge is 0.340 e. The molecule has 0 unspecified atom stereocenters. The number of hydrogen-bond acceptors (Lipinski definition) is 3. The lowest BCUT2D eigenvalue weighted by atomic mass is 10.0. The van der Waals surface area contributed by atoms with Gasteiger partial charge in [0.25, 0.3) is 0 Å². The highest BCUT2D eigenvalue weighted by Crippen LogP contribution is 2.23. The van der Waals surface area contributed by atoms with E-state index in [9.17, 15) is 9.59 Å². The van der Waals surface area contributed by atoms with Crippen LogP contribution in [0.25, 0.3) is 0 Å². The monoisotopic (exact) mass is 286 g/mol. The third-order valence-corrected chi connectivity index (χ3v) is 4.46. The van der Waals surface area contributed by atoms with Gasteiger partial charge < -0.3 is 10.2 Å². The molecule has 1 N–H and O–H groups in total. The zero-order chi connectivity index (χ0) is 14.7. The number of Topliss-reactive ketones (excluding diaryl/α,β-unsaturated/α-hetero) is 1. The van der Waals surface area contributed by atoms with E-state index in [1.807, 2.05) is 17.0 Å². The molecule has 112 valence electrons. The van der Waals surface area contributed by atoms with Gasteiger partial charge in [0.1, 0.15) is 0 Å². The Morgan fingerprint density at radius 3 is 2.62 bits per heavy atom. The Bertz CT molecular complexity index is 548. The second-order valence-corrected chi connectivity index (χ2v) is 5.89. The minimum absolute atomic E-state index is 0.0909. The molecule has 0 aromatic heterocycles. The Hall–Kier alpha value is -1.68. The minimum atomic E-state index is 0.0909. The van der Waals surface area contributed by atoms with Gasteiger partial charge in [-0.2, -0.15) is 0 Å². The molecule has 1 saturated heterocycles. The molecule has 1 heterocycles. The number of amides is 1. The van der Waals surface area contributed by atoms with Crippen LogP contribution in [0.15, 0.2) is 18.2 Å². The SMILES string of the molecule is O=C(CCC(=O)N1CCNCC1)c1ccc2c(c1)CCC2. The maximum atomic E-state index is 12.2. The second kappa shape index (κ2) is 6.39. The molecule has 2 aliphatic rings. The van der Waals surface area contributed by atoms with Gasteiger partial charge in [0.05, 0.1) is 0 Å². The summed E-state index contributed by atoms with van der Waals surface area (Å²) < 4.78 is 0. The molecular weight excluding hydrogens is 264 g/mol. The van der Waals surface area contributed by atoms with Crippen molar-refractivity contribution in [1.29, 1.82) is 0 Å². The maximum absolute atomic E-state index is 12.2. The summed E-state index contributed by atoms with van der Waals surface area (Å²) >= 11 is 0. The summed E-state index contributed by atoms with van der Waals surface area (Å²) in [5.74, 6) is 0.194. The van der Waals surface area contributed by atoms with E-state index in [4.69, 9.17) is 0 Å². The van der Waals surface area contributed by atoms with Crippen molar-refractivity contribution in [1.82, 2.24) is 10.2 Å². The summed E-state index contributed by atoms with van der Waals surface area (Å²) in [7, 11) is 0. The number of aryl methyl sites for hydroxylation is 2. The van der Waals surface area contributed by atoms with Gasteiger partial charge in [-0.05, 0) is 36.5 Å². The standard InChI is InChI=1S/C17H22N2O2/c20-16(6-7-17(21)19-10-8-18-9-11-19)15-5-4-13-2-1-3-14(13)12-15/h4-5,12,18H,1-3,6-11H2. The van der Waals surface area contributed by atoms with Crippen molar-refractivity contribution in [2.75, 3.05) is 26.2 Å². The molecule has 1 amide bonds. The summed E-state index contributed by atoms with van der Waals surface area (Å²) in [4.78, 5) is 26.2. The first kappa shape index (κ1) is 14.3. The number of carbonyl (C=O) groups is 2. The van der Waals surface area contributed by atoms with Crippen LogP contribution in [0.1, 0.15) is 40.7 Å². The number of fused-ring (bicyclic) bond motifs is 1. The second-order valence-electron chi connectivity index (χ2n) is 5.89. The number of hydrogen-bond donors (Lipinski definition) is 1. The Morgan fingerprint density at radius 1 is 1.05 bits per heavy atom. The fourth-order valence-corrected chi connectivity index (χ4v) is 3.18. The van der Waals surface area contributed by atoms with Gasteiger partial charge in [-0.1, -0.05) is 12.1 Å². The molecule has 21 heavy (non-hydrogen) atoms. The van der Waals surface area contributed by atoms with Crippen molar-refractivity contribution in [2.45, 2.75) is 32.1 Å². The van der Waals surface area contributed by atoms with E-state index < -0.39 is 0 Å². The number of nitrogens with zero attached hydrogens (tertiary/aromatic N) is 1. The summed E-state index contributed by atoms with van der Waals surface area (Å²) in [6.45, 7) is 3.22. The predicted octanol–water partition coefficient (Wildman–Crippen LogP) is 1.57. The molecule has 1 fully saturated rings. The first-order valence-corrected chi connectivity index (χ1v) is 7.87. The summed E-state index contributed by atoms with van der Waals surface area (Å²) in [6.07, 6.45) is 4.05. The van der Waals surface area contributed by atoms with Crippen molar-refractivity contribution < 1.29 is 9.59 Å². The van der Waals surface area contributed by atoms with E-state index in [2.05, 4.69) is 11.4 Å². The number of rotatable bonds is 4. The molecule has 3 rings (SSSR count). The van der Waals surface area contributed by atoms with E-state index >= 15 is 0 Å².